The first-order chi connectivity index (χ1) is 17.5. The first-order valence-electron chi connectivity index (χ1n) is 11.9. The Kier molecular flexibility index (Phi) is 10.3. The van der Waals surface area contributed by atoms with E-state index in [0.29, 0.717) is 32.0 Å². The first kappa shape index (κ1) is 28.8. The number of alkyl halides is 3. The maximum absolute atomic E-state index is 12.4. The lowest BCUT2D eigenvalue weighted by atomic mass is 9.99. The normalized spacial score (nSPS) is 20.1. The molecule has 13 heteroatoms. The highest BCUT2D eigenvalue weighted by molar-refractivity contribution is 7.13. The molecule has 204 valence electrons. The number of β-amino-alcohol motifs (C(OH)–C–C–N with tert-alkyl or cyclic N) is 1. The molecule has 2 saturated heterocycles. The van der Waals surface area contributed by atoms with Crippen molar-refractivity contribution in [1.82, 2.24) is 20.9 Å². The third-order valence-corrected chi connectivity index (χ3v) is 7.11. The van der Waals surface area contributed by atoms with Crippen molar-refractivity contribution in [2.24, 2.45) is 5.92 Å². The van der Waals surface area contributed by atoms with Gasteiger partial charge in [-0.05, 0) is 56.8 Å². The van der Waals surface area contributed by atoms with Crippen LogP contribution in [-0.4, -0.2) is 71.6 Å². The van der Waals surface area contributed by atoms with E-state index in [1.165, 1.54) is 0 Å². The number of rotatable bonds is 7. The van der Waals surface area contributed by atoms with Crippen LogP contribution in [0.3, 0.4) is 0 Å². The number of aromatic nitrogens is 1. The molecule has 2 aromatic rings. The number of hydrogen-bond donors (Lipinski definition) is 5. The zero-order valence-corrected chi connectivity index (χ0v) is 21.1. The molecule has 37 heavy (non-hydrogen) atoms. The van der Waals surface area contributed by atoms with E-state index in [-0.39, 0.29) is 11.9 Å². The van der Waals surface area contributed by atoms with Gasteiger partial charge in [0.05, 0.1) is 34.8 Å². The highest BCUT2D eigenvalue weighted by Gasteiger charge is 2.38. The summed E-state index contributed by atoms with van der Waals surface area (Å²) in [7, 11) is 0. The van der Waals surface area contributed by atoms with Gasteiger partial charge in [-0.2, -0.15) is 13.2 Å². The van der Waals surface area contributed by atoms with Crippen molar-refractivity contribution in [2.45, 2.75) is 51.1 Å². The Hall–Kier alpha value is -2.74. The predicted molar refractivity (Wildman–Crippen MR) is 131 cm³/mol. The van der Waals surface area contributed by atoms with Crippen molar-refractivity contribution in [3.8, 4) is 16.2 Å². The van der Waals surface area contributed by atoms with Crippen molar-refractivity contribution >= 4 is 23.2 Å². The number of aliphatic hydroxyl groups excluding tert-OH is 1. The summed E-state index contributed by atoms with van der Waals surface area (Å²) in [5.41, 5.74) is 4.92. The molecule has 0 radical (unpaired) electrons. The Morgan fingerprint density at radius 2 is 1.97 bits per heavy atom. The lowest BCUT2D eigenvalue weighted by molar-refractivity contribution is -0.192. The van der Waals surface area contributed by atoms with E-state index >= 15 is 0 Å². The summed E-state index contributed by atoms with van der Waals surface area (Å²) >= 11 is 1.62. The number of aliphatic carboxylic acids is 1. The highest BCUT2D eigenvalue weighted by atomic mass is 32.1. The van der Waals surface area contributed by atoms with Crippen molar-refractivity contribution in [1.29, 1.82) is 0 Å². The minimum absolute atomic E-state index is 0.0850. The molecular formula is C24H31F3N4O5S. The average Bonchev–Trinajstić information content (AvgIpc) is 3.50. The third-order valence-electron chi connectivity index (χ3n) is 6.13. The van der Waals surface area contributed by atoms with E-state index in [4.69, 9.17) is 14.6 Å². The molecule has 2 fully saturated rings. The maximum Gasteiger partial charge on any atom is 0.490 e. The predicted octanol–water partition coefficient (Wildman–Crippen LogP) is 2.47. The number of carbonyl (C=O) groups excluding carboxylic acids is 1. The SMILES string of the molecule is Cc1ncsc1-c1ccc(CNC(=O)C2CC(O)CN2)c(OCC2CCNCC2)c1.O=C(O)C(F)(F)F. The summed E-state index contributed by atoms with van der Waals surface area (Å²) in [5, 5.41) is 26.2. The molecule has 2 atom stereocenters. The van der Waals surface area contributed by atoms with Crippen LogP contribution in [0.25, 0.3) is 10.4 Å². The van der Waals surface area contributed by atoms with Crippen LogP contribution in [0, 0.1) is 12.8 Å². The third kappa shape index (κ3) is 8.66. The van der Waals surface area contributed by atoms with Gasteiger partial charge in [0.1, 0.15) is 5.75 Å². The minimum atomic E-state index is -5.08. The number of piperidine rings is 1. The highest BCUT2D eigenvalue weighted by Crippen LogP contribution is 2.32. The number of nitrogens with zero attached hydrogens (tertiary/aromatic N) is 1. The summed E-state index contributed by atoms with van der Waals surface area (Å²) in [6, 6.07) is 5.83. The molecule has 4 rings (SSSR count). The molecule has 1 amide bonds. The van der Waals surface area contributed by atoms with Crippen LogP contribution in [0.4, 0.5) is 13.2 Å². The smallest absolute Gasteiger partial charge is 0.490 e. The Morgan fingerprint density at radius 1 is 1.27 bits per heavy atom. The van der Waals surface area contributed by atoms with Gasteiger partial charge >= 0.3 is 12.1 Å². The number of hydrogen-bond acceptors (Lipinski definition) is 8. The van der Waals surface area contributed by atoms with Gasteiger partial charge in [-0.1, -0.05) is 12.1 Å². The largest absolute Gasteiger partial charge is 0.493 e. The summed E-state index contributed by atoms with van der Waals surface area (Å²) < 4.78 is 38.0. The number of nitrogens with one attached hydrogen (secondary N) is 3. The van der Waals surface area contributed by atoms with Gasteiger partial charge in [0.25, 0.3) is 0 Å². The molecule has 0 spiro atoms. The van der Waals surface area contributed by atoms with Crippen LogP contribution in [0.15, 0.2) is 23.7 Å². The zero-order valence-electron chi connectivity index (χ0n) is 20.3. The maximum atomic E-state index is 12.4. The van der Waals surface area contributed by atoms with Crippen LogP contribution in [0.5, 0.6) is 5.75 Å². The number of aryl methyl sites for hydroxylation is 1. The number of thiazole rings is 1. The molecule has 2 aliphatic heterocycles. The van der Waals surface area contributed by atoms with E-state index in [0.717, 1.165) is 53.4 Å². The number of carbonyl (C=O) groups is 2. The van der Waals surface area contributed by atoms with Gasteiger partial charge in [0.15, 0.2) is 0 Å². The fourth-order valence-electron chi connectivity index (χ4n) is 4.03. The van der Waals surface area contributed by atoms with Gasteiger partial charge in [-0.3, -0.25) is 4.79 Å². The summed E-state index contributed by atoms with van der Waals surface area (Å²) in [5.74, 6) is -1.48. The Labute approximate surface area is 216 Å². The topological polar surface area (TPSA) is 133 Å². The van der Waals surface area contributed by atoms with Crippen LogP contribution < -0.4 is 20.7 Å². The number of aliphatic hydroxyl groups is 1. The Balaban J connectivity index is 0.000000479. The summed E-state index contributed by atoms with van der Waals surface area (Å²) in [4.78, 5) is 26.8. The second kappa shape index (κ2) is 13.2. The Morgan fingerprint density at radius 3 is 2.54 bits per heavy atom. The van der Waals surface area contributed by atoms with E-state index in [2.05, 4.69) is 33.1 Å². The molecule has 0 aliphatic carbocycles. The van der Waals surface area contributed by atoms with Crippen LogP contribution in [-0.2, 0) is 16.1 Å². The number of halogens is 3. The van der Waals surface area contributed by atoms with Crippen molar-refractivity contribution in [3.05, 3.63) is 35.0 Å². The average molecular weight is 545 g/mol. The summed E-state index contributed by atoms with van der Waals surface area (Å²) in [6.07, 6.45) is -2.84. The first-order valence-corrected chi connectivity index (χ1v) is 12.8. The van der Waals surface area contributed by atoms with Gasteiger partial charge < -0.3 is 30.9 Å². The van der Waals surface area contributed by atoms with Crippen molar-refractivity contribution < 1.29 is 37.7 Å². The molecule has 2 aliphatic rings. The minimum Gasteiger partial charge on any atom is -0.493 e. The van der Waals surface area contributed by atoms with Crippen molar-refractivity contribution in [2.75, 3.05) is 26.2 Å². The number of amides is 1. The molecule has 9 nitrogen and oxygen atoms in total. The second-order valence-corrected chi connectivity index (χ2v) is 9.82. The molecular weight excluding hydrogens is 513 g/mol. The van der Waals surface area contributed by atoms with Crippen LogP contribution in [0.1, 0.15) is 30.5 Å². The summed E-state index contributed by atoms with van der Waals surface area (Å²) in [6.45, 7) is 5.64. The fourth-order valence-corrected chi connectivity index (χ4v) is 4.84. The molecule has 2 unspecified atom stereocenters. The van der Waals surface area contributed by atoms with Crippen LogP contribution in [0.2, 0.25) is 0 Å². The van der Waals surface area contributed by atoms with E-state index in [1.807, 2.05) is 18.5 Å². The molecule has 1 aromatic heterocycles. The van der Waals surface area contributed by atoms with E-state index in [1.54, 1.807) is 11.3 Å². The lowest BCUT2D eigenvalue weighted by Gasteiger charge is -2.23. The number of carboxylic acid groups (broad SMARTS) is 1. The monoisotopic (exact) mass is 544 g/mol. The fraction of sp³-hybridized carbons (Fsp3) is 0.542. The zero-order chi connectivity index (χ0) is 27.0. The van der Waals surface area contributed by atoms with Gasteiger partial charge in [-0.15, -0.1) is 11.3 Å². The van der Waals surface area contributed by atoms with Gasteiger partial charge in [0.2, 0.25) is 5.91 Å². The van der Waals surface area contributed by atoms with Crippen LogP contribution >= 0.6 is 11.3 Å². The van der Waals surface area contributed by atoms with E-state index in [9.17, 15) is 23.1 Å². The van der Waals surface area contributed by atoms with Gasteiger partial charge in [-0.25, -0.2) is 9.78 Å². The number of carboxylic acids is 1. The quantitative estimate of drug-likeness (QED) is 0.359. The molecule has 0 saturated carbocycles. The molecule has 5 N–H and O–H groups in total. The Bertz CT molecular complexity index is 1060. The standard InChI is InChI=1S/C22H30N4O3S.C2HF3O2/c1-14-21(30-13-26-14)16-2-3-17(10-25-22(28)19-9-18(27)11-24-19)20(8-16)29-12-15-4-6-23-7-5-15;3-2(4,5)1(6)7/h2-3,8,13,15,18-19,23-24,27H,4-7,9-12H2,1H3,(H,25,28);(H,6,7). The van der Waals surface area contributed by atoms with E-state index < -0.39 is 18.2 Å². The lowest BCUT2D eigenvalue weighted by Crippen LogP contribution is -2.40. The molecule has 3 heterocycles. The molecule has 0 bridgehead atoms. The second-order valence-electron chi connectivity index (χ2n) is 8.96. The van der Waals surface area contributed by atoms with Crippen molar-refractivity contribution in [3.63, 3.8) is 0 Å². The van der Waals surface area contributed by atoms with Gasteiger partial charge in [0, 0.05) is 18.7 Å². The molecule has 1 aromatic carbocycles. The number of benzene rings is 1. The number of ether oxygens (including phenoxy) is 1.